The van der Waals surface area contributed by atoms with Gasteiger partial charge in [-0.3, -0.25) is 4.68 Å². The van der Waals surface area contributed by atoms with E-state index in [0.29, 0.717) is 18.4 Å². The van der Waals surface area contributed by atoms with E-state index in [9.17, 15) is 13.2 Å². The number of fused-ring (bicyclic) bond motifs is 2. The van der Waals surface area contributed by atoms with E-state index in [1.165, 1.54) is 22.2 Å². The Morgan fingerprint density at radius 3 is 2.89 bits per heavy atom. The van der Waals surface area contributed by atoms with Crippen molar-refractivity contribution in [3.05, 3.63) is 29.2 Å². The second-order valence-electron chi connectivity index (χ2n) is 8.34. The molecule has 0 aromatic carbocycles. The Kier molecular flexibility index (Phi) is 5.03. The molecule has 9 heteroatoms. The zero-order valence-electron chi connectivity index (χ0n) is 16.3. The Hall–Kier alpha value is -2.16. The van der Waals surface area contributed by atoms with Gasteiger partial charge in [-0.15, -0.1) is 5.10 Å². The summed E-state index contributed by atoms with van der Waals surface area (Å²) >= 11 is 0. The lowest BCUT2D eigenvalue weighted by molar-refractivity contribution is 0.246. The Labute approximate surface area is 165 Å². The lowest BCUT2D eigenvalue weighted by Crippen LogP contribution is -2.42. The Bertz CT molecular complexity index is 945. The molecule has 8 nitrogen and oxygen atoms in total. The standard InChI is InChI=1S/C19H27N5O3S/c1-12(2)10-24-11-20-19(22-24)28(26,27)23-18(25)21-17-15-7-3-5-13(15)9-14-6-4-8-16(14)17/h9,11-13,15H,3-8,10H2,1-2H3,(H2,21,23,25). The van der Waals surface area contributed by atoms with Crippen molar-refractivity contribution in [1.29, 1.82) is 0 Å². The predicted octanol–water partition coefficient (Wildman–Crippen LogP) is 2.72. The number of hydrogen-bond acceptors (Lipinski definition) is 5. The fourth-order valence-electron chi connectivity index (χ4n) is 4.63. The maximum Gasteiger partial charge on any atom is 0.332 e. The fraction of sp³-hybridized carbons (Fsp3) is 0.632. The van der Waals surface area contributed by atoms with Crippen LogP contribution in [0.3, 0.4) is 0 Å². The molecular weight excluding hydrogens is 378 g/mol. The Morgan fingerprint density at radius 2 is 2.11 bits per heavy atom. The maximum absolute atomic E-state index is 12.5. The molecule has 1 aromatic heterocycles. The van der Waals surface area contributed by atoms with E-state index in [0.717, 1.165) is 44.2 Å². The minimum atomic E-state index is -4.11. The average Bonchev–Trinajstić information content (AvgIpc) is 3.32. The summed E-state index contributed by atoms with van der Waals surface area (Å²) in [5.74, 6) is 1.05. The molecule has 2 fully saturated rings. The van der Waals surface area contributed by atoms with Gasteiger partial charge in [0, 0.05) is 18.2 Å². The summed E-state index contributed by atoms with van der Waals surface area (Å²) in [7, 11) is -4.11. The second kappa shape index (κ2) is 7.35. The molecule has 0 radical (unpaired) electrons. The molecule has 2 unspecified atom stereocenters. The lowest BCUT2D eigenvalue weighted by Gasteiger charge is -2.28. The number of hydrogen-bond donors (Lipinski definition) is 2. The first-order valence-electron chi connectivity index (χ1n) is 10.0. The van der Waals surface area contributed by atoms with Gasteiger partial charge in [-0.25, -0.2) is 14.5 Å². The first kappa shape index (κ1) is 19.2. The van der Waals surface area contributed by atoms with Gasteiger partial charge in [0.05, 0.1) is 0 Å². The summed E-state index contributed by atoms with van der Waals surface area (Å²) in [5.41, 5.74) is 3.45. The highest BCUT2D eigenvalue weighted by molar-refractivity contribution is 7.89. The summed E-state index contributed by atoms with van der Waals surface area (Å²) < 4.78 is 28.6. The van der Waals surface area contributed by atoms with Gasteiger partial charge in [-0.05, 0) is 55.1 Å². The van der Waals surface area contributed by atoms with E-state index >= 15 is 0 Å². The highest BCUT2D eigenvalue weighted by Crippen LogP contribution is 2.47. The summed E-state index contributed by atoms with van der Waals surface area (Å²) in [5, 5.41) is 6.47. The van der Waals surface area contributed by atoms with Crippen molar-refractivity contribution >= 4 is 16.1 Å². The summed E-state index contributed by atoms with van der Waals surface area (Å²) in [4.78, 5) is 16.4. The molecule has 4 rings (SSSR count). The molecule has 2 saturated carbocycles. The quantitative estimate of drug-likeness (QED) is 0.783. The fourth-order valence-corrected chi connectivity index (χ4v) is 5.42. The number of allylic oxidation sites excluding steroid dienone is 4. The van der Waals surface area contributed by atoms with Crippen LogP contribution in [0.2, 0.25) is 0 Å². The number of sulfonamides is 1. The van der Waals surface area contributed by atoms with Crippen LogP contribution in [-0.2, 0) is 16.6 Å². The van der Waals surface area contributed by atoms with Gasteiger partial charge in [0.1, 0.15) is 6.33 Å². The molecule has 0 aliphatic heterocycles. The first-order valence-corrected chi connectivity index (χ1v) is 11.5. The molecule has 28 heavy (non-hydrogen) atoms. The minimum Gasteiger partial charge on any atom is -0.310 e. The third kappa shape index (κ3) is 3.72. The third-order valence-corrected chi connectivity index (χ3v) is 6.85. The molecule has 0 bridgehead atoms. The van der Waals surface area contributed by atoms with Crippen LogP contribution in [0.15, 0.2) is 34.4 Å². The molecule has 152 valence electrons. The number of aromatic nitrogens is 3. The van der Waals surface area contributed by atoms with Gasteiger partial charge < -0.3 is 5.32 Å². The van der Waals surface area contributed by atoms with Crippen LogP contribution in [0.25, 0.3) is 0 Å². The average molecular weight is 406 g/mol. The molecule has 2 atom stereocenters. The summed E-state index contributed by atoms with van der Waals surface area (Å²) in [6.07, 6.45) is 10.1. The number of rotatable bonds is 5. The summed E-state index contributed by atoms with van der Waals surface area (Å²) in [6, 6.07) is -0.735. The van der Waals surface area contributed by atoms with E-state index in [2.05, 4.69) is 26.2 Å². The van der Waals surface area contributed by atoms with Gasteiger partial charge in [0.15, 0.2) is 0 Å². The number of nitrogens with one attached hydrogen (secondary N) is 2. The van der Waals surface area contributed by atoms with Crippen LogP contribution < -0.4 is 10.0 Å². The van der Waals surface area contributed by atoms with Crippen LogP contribution in [0.5, 0.6) is 0 Å². The molecule has 1 heterocycles. The SMILES string of the molecule is CC(C)Cn1cnc(S(=O)(=O)NC(=O)NC2=C3CCCC3=CC3CCCC23)n1. The maximum atomic E-state index is 12.5. The van der Waals surface area contributed by atoms with Crippen molar-refractivity contribution in [1.82, 2.24) is 24.8 Å². The monoisotopic (exact) mass is 405 g/mol. The minimum absolute atomic E-state index is 0.286. The molecule has 2 amide bonds. The Balaban J connectivity index is 1.49. The van der Waals surface area contributed by atoms with E-state index in [4.69, 9.17) is 0 Å². The molecule has 3 aliphatic rings. The van der Waals surface area contributed by atoms with E-state index in [1.54, 1.807) is 0 Å². The zero-order chi connectivity index (χ0) is 19.9. The highest BCUT2D eigenvalue weighted by atomic mass is 32.2. The van der Waals surface area contributed by atoms with Crippen molar-refractivity contribution in [2.24, 2.45) is 17.8 Å². The van der Waals surface area contributed by atoms with E-state index in [1.807, 2.05) is 13.8 Å². The molecule has 3 aliphatic carbocycles. The van der Waals surface area contributed by atoms with Crippen LogP contribution >= 0.6 is 0 Å². The number of amides is 2. The predicted molar refractivity (Wildman–Crippen MR) is 104 cm³/mol. The van der Waals surface area contributed by atoms with E-state index in [-0.39, 0.29) is 11.1 Å². The number of urea groups is 1. The Morgan fingerprint density at radius 1 is 1.29 bits per heavy atom. The van der Waals surface area contributed by atoms with Gasteiger partial charge in [0.25, 0.3) is 5.16 Å². The molecule has 1 aromatic rings. The van der Waals surface area contributed by atoms with Crippen molar-refractivity contribution in [3.63, 3.8) is 0 Å². The zero-order valence-corrected chi connectivity index (χ0v) is 17.1. The highest BCUT2D eigenvalue weighted by Gasteiger charge is 2.37. The van der Waals surface area contributed by atoms with Crippen LogP contribution in [0.4, 0.5) is 4.79 Å². The first-order chi connectivity index (χ1) is 13.3. The molecule has 0 saturated heterocycles. The largest absolute Gasteiger partial charge is 0.332 e. The molecule has 2 N–H and O–H groups in total. The molecule has 0 spiro atoms. The van der Waals surface area contributed by atoms with Crippen molar-refractivity contribution in [2.45, 2.75) is 64.1 Å². The number of carbonyl (C=O) groups is 1. The number of carbonyl (C=O) groups excluding carboxylic acids is 1. The second-order valence-corrected chi connectivity index (χ2v) is 9.92. The van der Waals surface area contributed by atoms with E-state index < -0.39 is 16.1 Å². The number of nitrogens with zero attached hydrogens (tertiary/aromatic N) is 3. The third-order valence-electron chi connectivity index (χ3n) is 5.72. The van der Waals surface area contributed by atoms with Crippen LogP contribution in [0, 0.1) is 17.8 Å². The van der Waals surface area contributed by atoms with Crippen LogP contribution in [0.1, 0.15) is 52.4 Å². The van der Waals surface area contributed by atoms with Crippen molar-refractivity contribution < 1.29 is 13.2 Å². The van der Waals surface area contributed by atoms with Gasteiger partial charge in [-0.1, -0.05) is 26.3 Å². The van der Waals surface area contributed by atoms with Crippen molar-refractivity contribution in [2.75, 3.05) is 0 Å². The smallest absolute Gasteiger partial charge is 0.310 e. The van der Waals surface area contributed by atoms with Gasteiger partial charge in [0.2, 0.25) is 0 Å². The summed E-state index contributed by atoms with van der Waals surface area (Å²) in [6.45, 7) is 4.56. The van der Waals surface area contributed by atoms with Gasteiger partial charge in [-0.2, -0.15) is 8.42 Å². The van der Waals surface area contributed by atoms with Crippen molar-refractivity contribution in [3.8, 4) is 0 Å². The normalized spacial score (nSPS) is 24.2. The van der Waals surface area contributed by atoms with Gasteiger partial charge >= 0.3 is 16.1 Å². The van der Waals surface area contributed by atoms with Crippen LogP contribution in [-0.4, -0.2) is 29.2 Å². The molecular formula is C19H27N5O3S. The topological polar surface area (TPSA) is 106 Å². The lowest BCUT2D eigenvalue weighted by atomic mass is 9.82.